The molecule has 2 aromatic carbocycles. The Kier molecular flexibility index (Phi) is 26.6. The summed E-state index contributed by atoms with van der Waals surface area (Å²) in [5.74, 6) is -19.2. The SMILES string of the molecule is CC[C@H](C)[C@@H]1NC(=O)[C@H](CC(C)C)N(C)C(=O)C[C@@H](C)N(C)C(=O)[C@H](C2CCCCC2)N(C)C(=O)C2(CCCC2)NC(=O)[C@@H]2CC(F)(F)CN2C(=O)[C@H](CCc2cc(F)c(C(F)(F)F)c(F)c2)NC(=O)CN(C)C(=O)[C@H](Cc2ccc(C(F)(F)F)cc2)N(C)C(=O)[C@@H]2CCN2C(=O)[C@H](C)N(C)C1=O. The van der Waals surface area contributed by atoms with Gasteiger partial charge in [-0.2, -0.15) is 26.3 Å². The van der Waals surface area contributed by atoms with E-state index in [9.17, 15) is 64.7 Å². The summed E-state index contributed by atoms with van der Waals surface area (Å²) in [6, 6.07) is -8.95. The van der Waals surface area contributed by atoms with Gasteiger partial charge in [-0.1, -0.05) is 78.4 Å². The van der Waals surface area contributed by atoms with Gasteiger partial charge in [0, 0.05) is 74.1 Å². The van der Waals surface area contributed by atoms with E-state index in [0.29, 0.717) is 62.0 Å². The van der Waals surface area contributed by atoms with Gasteiger partial charge in [0.15, 0.2) is 0 Å². The van der Waals surface area contributed by atoms with Crippen molar-refractivity contribution in [1.82, 2.24) is 55.1 Å². The predicted octanol–water partition coefficient (Wildman–Crippen LogP) is 7.12. The van der Waals surface area contributed by atoms with Crippen LogP contribution in [-0.2, 0) is 77.9 Å². The second-order valence-corrected chi connectivity index (χ2v) is 29.2. The lowest BCUT2D eigenvalue weighted by Gasteiger charge is -2.45. The van der Waals surface area contributed by atoms with Gasteiger partial charge in [-0.05, 0) is 118 Å². The molecular formula is C71H97F10N11O11. The summed E-state index contributed by atoms with van der Waals surface area (Å²) in [7, 11) is 7.80. The van der Waals surface area contributed by atoms with E-state index in [-0.39, 0.29) is 50.1 Å². The quantitative estimate of drug-likeness (QED) is 0.202. The first kappa shape index (κ1) is 82.2. The number of carbonyl (C=O) groups is 11. The van der Waals surface area contributed by atoms with Crippen LogP contribution in [-0.4, -0.2) is 232 Å². The number of alkyl halides is 8. The van der Waals surface area contributed by atoms with E-state index in [1.807, 2.05) is 13.8 Å². The van der Waals surface area contributed by atoms with E-state index >= 15 is 31.9 Å². The number of fused-ring (bicyclic) bond motifs is 2. The molecule has 5 fully saturated rings. The smallest absolute Gasteiger partial charge is 0.343 e. The minimum Gasteiger partial charge on any atom is -0.343 e. The van der Waals surface area contributed by atoms with Crippen molar-refractivity contribution in [2.24, 2.45) is 17.8 Å². The average Bonchev–Trinajstić information content (AvgIpc) is 1.27. The number of carbonyl (C=O) groups excluding carboxylic acids is 11. The lowest BCUT2D eigenvalue weighted by molar-refractivity contribution is -0.160. The standard InChI is InChI=1S/C71H97F10N11O11/c1-13-40(4)57-65(101)87(9)42(6)61(97)91-30-27-50(91)64(100)89(11)52(35-43-21-24-46(25-22-43)70(76,77)78)63(99)85(7)37-54(93)82-49(26-23-44-33-47(72)56(48(73)34-44)71(79,80)81)62(98)92-38-69(74,75)36-53(92)60(96)84-68(28-17-18-29-68)67(103)90(12)58(45-19-15-14-16-20-45)66(102)86(8)41(5)32-55(94)88(10)51(31-39(2)3)59(95)83-57/h21-22,24-25,33-34,39-42,45,49-53,57-58H,13-20,23,26-32,35-38H2,1-12H3,(H,82,93)(H,83,95)(H,84,96)/t40-,41+,42-,49-,50-,51-,52-,53-,57-,58-/m0/s1. The molecule has 10 atom stereocenters. The van der Waals surface area contributed by atoms with Crippen LogP contribution in [0, 0.1) is 29.4 Å². The Morgan fingerprint density at radius 3 is 1.76 bits per heavy atom. The van der Waals surface area contributed by atoms with Gasteiger partial charge >= 0.3 is 12.4 Å². The molecule has 572 valence electrons. The number of nitrogens with zero attached hydrogens (tertiary/aromatic N) is 8. The number of rotatable bonds is 10. The highest BCUT2D eigenvalue weighted by atomic mass is 19.4. The van der Waals surface area contributed by atoms with Crippen molar-refractivity contribution >= 4 is 65.0 Å². The Bertz CT molecular complexity index is 3450. The Balaban J connectivity index is 1.31. The van der Waals surface area contributed by atoms with Crippen LogP contribution in [0.1, 0.15) is 160 Å². The monoisotopic (exact) mass is 1470 g/mol. The topological polar surface area (TPSA) is 250 Å². The molecule has 7 rings (SSSR count). The number of benzene rings is 2. The molecule has 3 heterocycles. The van der Waals surface area contributed by atoms with E-state index in [1.165, 1.54) is 49.8 Å². The number of aryl methyl sites for hydroxylation is 1. The summed E-state index contributed by atoms with van der Waals surface area (Å²) in [6.07, 6.45) is -9.97. The van der Waals surface area contributed by atoms with Crippen LogP contribution in [0.3, 0.4) is 0 Å². The molecule has 0 bridgehead atoms. The van der Waals surface area contributed by atoms with Gasteiger partial charge in [-0.25, -0.2) is 17.6 Å². The normalized spacial score (nSPS) is 27.1. The van der Waals surface area contributed by atoms with Crippen LogP contribution in [0.5, 0.6) is 0 Å². The van der Waals surface area contributed by atoms with Crippen LogP contribution >= 0.6 is 0 Å². The molecular weight excluding hydrogens is 1370 g/mol. The minimum atomic E-state index is -5.50. The molecule has 5 aliphatic rings. The third-order valence-corrected chi connectivity index (χ3v) is 21.5. The van der Waals surface area contributed by atoms with Crippen LogP contribution in [0.4, 0.5) is 43.9 Å². The van der Waals surface area contributed by atoms with E-state index in [2.05, 4.69) is 16.0 Å². The van der Waals surface area contributed by atoms with Crippen molar-refractivity contribution in [3.63, 3.8) is 0 Å². The second kappa shape index (κ2) is 33.3. The maximum atomic E-state index is 16.1. The zero-order valence-electron chi connectivity index (χ0n) is 60.4. The fourth-order valence-electron chi connectivity index (χ4n) is 14.7. The van der Waals surface area contributed by atoms with Crippen molar-refractivity contribution in [3.8, 4) is 0 Å². The first-order valence-corrected chi connectivity index (χ1v) is 35.1. The fraction of sp³-hybridized carbons (Fsp3) is 0.676. The van der Waals surface area contributed by atoms with Crippen molar-refractivity contribution < 1.29 is 96.6 Å². The molecule has 22 nitrogen and oxygen atoms in total. The Labute approximate surface area is 593 Å². The van der Waals surface area contributed by atoms with Gasteiger partial charge in [-0.15, -0.1) is 0 Å². The highest BCUT2D eigenvalue weighted by molar-refractivity contribution is 6.00. The van der Waals surface area contributed by atoms with Gasteiger partial charge in [0.2, 0.25) is 65.0 Å². The van der Waals surface area contributed by atoms with Gasteiger partial charge in [0.25, 0.3) is 5.92 Å². The Morgan fingerprint density at radius 2 is 1.21 bits per heavy atom. The van der Waals surface area contributed by atoms with Crippen molar-refractivity contribution in [2.75, 3.05) is 61.9 Å². The number of hydrogen-bond donors (Lipinski definition) is 3. The molecule has 3 aliphatic heterocycles. The molecule has 11 amide bonds. The van der Waals surface area contributed by atoms with Gasteiger partial charge in [-0.3, -0.25) is 52.7 Å². The van der Waals surface area contributed by atoms with Crippen LogP contribution in [0.2, 0.25) is 0 Å². The zero-order valence-corrected chi connectivity index (χ0v) is 60.4. The van der Waals surface area contributed by atoms with E-state index in [1.54, 1.807) is 20.8 Å². The summed E-state index contributed by atoms with van der Waals surface area (Å²) < 4.78 is 145. The summed E-state index contributed by atoms with van der Waals surface area (Å²) >= 11 is 0. The van der Waals surface area contributed by atoms with E-state index in [0.717, 1.165) is 64.4 Å². The molecule has 0 aromatic heterocycles. The minimum absolute atomic E-state index is 0.00307. The summed E-state index contributed by atoms with van der Waals surface area (Å²) in [4.78, 5) is 171. The maximum absolute atomic E-state index is 16.1. The highest BCUT2D eigenvalue weighted by Gasteiger charge is 2.55. The van der Waals surface area contributed by atoms with Gasteiger partial charge < -0.3 is 55.1 Å². The first-order valence-electron chi connectivity index (χ1n) is 35.1. The Hall–Kier alpha value is -8.09. The number of hydrogen-bond acceptors (Lipinski definition) is 11. The van der Waals surface area contributed by atoms with Crippen LogP contribution in [0.25, 0.3) is 0 Å². The molecule has 2 aliphatic carbocycles. The lowest BCUT2D eigenvalue weighted by Crippen LogP contribution is -2.65. The predicted molar refractivity (Wildman–Crippen MR) is 355 cm³/mol. The average molecular weight is 1470 g/mol. The molecule has 0 radical (unpaired) electrons. The van der Waals surface area contributed by atoms with Gasteiger partial charge in [0.1, 0.15) is 71.1 Å². The number of likely N-dealkylation sites (N-methyl/N-ethyl adjacent to an activating group) is 6. The molecule has 0 unspecified atom stereocenters. The lowest BCUT2D eigenvalue weighted by atomic mass is 9.81. The molecule has 2 aromatic rings. The summed E-state index contributed by atoms with van der Waals surface area (Å²) in [6.45, 7) is 7.54. The largest absolute Gasteiger partial charge is 0.422 e. The van der Waals surface area contributed by atoms with E-state index in [4.69, 9.17) is 0 Å². The molecule has 103 heavy (non-hydrogen) atoms. The third kappa shape index (κ3) is 19.1. The van der Waals surface area contributed by atoms with Crippen molar-refractivity contribution in [2.45, 2.75) is 229 Å². The van der Waals surface area contributed by atoms with Crippen LogP contribution < -0.4 is 16.0 Å². The number of halogens is 10. The number of nitrogens with one attached hydrogen (secondary N) is 3. The molecule has 3 N–H and O–H groups in total. The second-order valence-electron chi connectivity index (χ2n) is 29.2. The van der Waals surface area contributed by atoms with Crippen LogP contribution in [0.15, 0.2) is 36.4 Å². The Morgan fingerprint density at radius 1 is 0.612 bits per heavy atom. The molecule has 1 spiro atoms. The fourth-order valence-corrected chi connectivity index (χ4v) is 14.7. The maximum Gasteiger partial charge on any atom is 0.422 e. The summed E-state index contributed by atoms with van der Waals surface area (Å²) in [5.41, 5.74) is -5.64. The number of amides is 11. The zero-order chi connectivity index (χ0) is 76.9. The molecule has 3 saturated heterocycles. The van der Waals surface area contributed by atoms with Crippen molar-refractivity contribution in [1.29, 1.82) is 0 Å². The first-order chi connectivity index (χ1) is 47.9. The third-order valence-electron chi connectivity index (χ3n) is 21.5. The van der Waals surface area contributed by atoms with E-state index < -0.39 is 222 Å². The molecule has 32 heteroatoms. The van der Waals surface area contributed by atoms with Gasteiger partial charge in [0.05, 0.1) is 18.7 Å². The molecule has 2 saturated carbocycles. The highest BCUT2D eigenvalue weighted by Crippen LogP contribution is 2.40. The summed E-state index contributed by atoms with van der Waals surface area (Å²) in [5, 5.41) is 7.86. The van der Waals surface area contributed by atoms with Crippen molar-refractivity contribution in [3.05, 3.63) is 70.3 Å².